The molecule has 1 aromatic carbocycles. The number of hydrogen-bond acceptors (Lipinski definition) is 6. The third-order valence-electron chi connectivity index (χ3n) is 1.55. The van der Waals surface area contributed by atoms with E-state index in [0.29, 0.717) is 0 Å². The normalized spacial score (nSPS) is 8.67. The van der Waals surface area contributed by atoms with Gasteiger partial charge in [-0.05, 0) is 6.08 Å². The number of carbonyl (C=O) groups is 1. The Morgan fingerprint density at radius 1 is 1.17 bits per heavy atom. The highest BCUT2D eigenvalue weighted by Crippen LogP contribution is 2.23. The van der Waals surface area contributed by atoms with E-state index in [2.05, 4.69) is 12.3 Å². The molecule has 96 valence electrons. The summed E-state index contributed by atoms with van der Waals surface area (Å²) in [6, 6.07) is 2.98. The summed E-state index contributed by atoms with van der Waals surface area (Å²) in [4.78, 5) is 28.5. The van der Waals surface area contributed by atoms with Crippen LogP contribution in [0.2, 0.25) is 0 Å². The highest BCUT2D eigenvalue weighted by molar-refractivity contribution is 5.84. The number of nitro groups is 2. The summed E-state index contributed by atoms with van der Waals surface area (Å²) in [5.41, 5.74) is 9.00. The molecule has 0 unspecified atom stereocenters. The highest BCUT2D eigenvalue weighted by Gasteiger charge is 2.14. The van der Waals surface area contributed by atoms with Gasteiger partial charge < -0.3 is 11.5 Å². The topological polar surface area (TPSA) is 155 Å². The average Bonchev–Trinajstić information content (AvgIpc) is 2.28. The number of rotatable bonds is 3. The Balaban J connectivity index is 0.000000494. The van der Waals surface area contributed by atoms with Crippen molar-refractivity contribution in [1.82, 2.24) is 0 Å². The number of hydrogen-bond donors (Lipinski definition) is 2. The second kappa shape index (κ2) is 6.58. The maximum atomic E-state index is 10.3. The molecular weight excluding hydrogens is 244 g/mol. The van der Waals surface area contributed by atoms with Crippen LogP contribution in [0.25, 0.3) is 0 Å². The number of anilines is 1. The molecule has 0 bridgehead atoms. The van der Waals surface area contributed by atoms with Crippen LogP contribution < -0.4 is 11.5 Å². The van der Waals surface area contributed by atoms with Crippen LogP contribution in [0.3, 0.4) is 0 Å². The number of amides is 1. The van der Waals surface area contributed by atoms with E-state index in [1.807, 2.05) is 0 Å². The smallest absolute Gasteiger partial charge is 0.278 e. The lowest BCUT2D eigenvalue weighted by atomic mass is 10.2. The molecule has 0 atom stereocenters. The Kier molecular flexibility index (Phi) is 5.49. The molecular formula is C9H10N4O5. The Hall–Kier alpha value is -2.97. The van der Waals surface area contributed by atoms with E-state index in [0.717, 1.165) is 24.3 Å². The number of benzene rings is 1. The number of non-ortho nitro benzene ring substituents is 2. The molecule has 0 radical (unpaired) electrons. The lowest BCUT2D eigenvalue weighted by molar-refractivity contribution is -0.394. The standard InChI is InChI=1S/C6H5N3O4.C3H5NO/c7-4-1-5(8(10)11)3-6(2-4)9(12)13;1-2-3(4)5/h1-3H,7H2;2H,1H2,(H2,4,5). The third-order valence-corrected chi connectivity index (χ3v) is 1.55. The predicted octanol–water partition coefficient (Wildman–Crippen LogP) is 0.743. The number of nitro benzene ring substituents is 2. The van der Waals surface area contributed by atoms with Crippen molar-refractivity contribution in [3.63, 3.8) is 0 Å². The molecule has 0 aromatic heterocycles. The van der Waals surface area contributed by atoms with Gasteiger partial charge in [-0.15, -0.1) is 0 Å². The molecule has 0 heterocycles. The largest absolute Gasteiger partial charge is 0.398 e. The predicted molar refractivity (Wildman–Crippen MR) is 63.6 cm³/mol. The van der Waals surface area contributed by atoms with Gasteiger partial charge in [0.2, 0.25) is 5.91 Å². The molecule has 0 fully saturated rings. The minimum absolute atomic E-state index is 0.000833. The van der Waals surface area contributed by atoms with Gasteiger partial charge in [-0.3, -0.25) is 25.0 Å². The van der Waals surface area contributed by atoms with Crippen LogP contribution in [0, 0.1) is 20.2 Å². The Morgan fingerprint density at radius 3 is 1.72 bits per heavy atom. The van der Waals surface area contributed by atoms with E-state index in [4.69, 9.17) is 5.73 Å². The summed E-state index contributed by atoms with van der Waals surface area (Å²) in [6.07, 6.45) is 1.06. The summed E-state index contributed by atoms with van der Waals surface area (Å²) < 4.78 is 0. The first-order valence-electron chi connectivity index (χ1n) is 4.39. The summed E-state index contributed by atoms with van der Waals surface area (Å²) >= 11 is 0. The zero-order valence-corrected chi connectivity index (χ0v) is 9.11. The van der Waals surface area contributed by atoms with Crippen molar-refractivity contribution in [1.29, 1.82) is 0 Å². The summed E-state index contributed by atoms with van der Waals surface area (Å²) in [7, 11) is 0. The lowest BCUT2D eigenvalue weighted by Gasteiger charge is -1.94. The van der Waals surface area contributed by atoms with E-state index in [1.165, 1.54) is 0 Å². The van der Waals surface area contributed by atoms with Crippen molar-refractivity contribution in [3.8, 4) is 0 Å². The second-order valence-electron chi connectivity index (χ2n) is 2.90. The van der Waals surface area contributed by atoms with Gasteiger partial charge in [0.25, 0.3) is 11.4 Å². The molecule has 1 amide bonds. The Morgan fingerprint density at radius 2 is 1.50 bits per heavy atom. The second-order valence-corrected chi connectivity index (χ2v) is 2.90. The first kappa shape index (κ1) is 15.0. The van der Waals surface area contributed by atoms with E-state index in [9.17, 15) is 25.0 Å². The summed E-state index contributed by atoms with van der Waals surface area (Å²) in [5, 5.41) is 20.5. The van der Waals surface area contributed by atoms with Crippen molar-refractivity contribution in [3.05, 3.63) is 51.1 Å². The van der Waals surface area contributed by atoms with Gasteiger partial charge >= 0.3 is 0 Å². The highest BCUT2D eigenvalue weighted by atomic mass is 16.6. The van der Waals surface area contributed by atoms with Crippen LogP contribution in [-0.4, -0.2) is 15.8 Å². The van der Waals surface area contributed by atoms with Crippen molar-refractivity contribution in [2.24, 2.45) is 5.73 Å². The molecule has 4 N–H and O–H groups in total. The van der Waals surface area contributed by atoms with Crippen LogP contribution in [0.4, 0.5) is 17.1 Å². The van der Waals surface area contributed by atoms with Gasteiger partial charge in [0.05, 0.1) is 15.9 Å². The van der Waals surface area contributed by atoms with Gasteiger partial charge in [0, 0.05) is 17.8 Å². The third kappa shape index (κ3) is 5.21. The fraction of sp³-hybridized carbons (Fsp3) is 0. The summed E-state index contributed by atoms with van der Waals surface area (Å²) in [5.74, 6) is -0.481. The van der Waals surface area contributed by atoms with Gasteiger partial charge in [-0.2, -0.15) is 0 Å². The first-order valence-corrected chi connectivity index (χ1v) is 4.39. The van der Waals surface area contributed by atoms with Crippen molar-refractivity contribution >= 4 is 23.0 Å². The molecule has 0 saturated heterocycles. The number of carbonyl (C=O) groups excluding carboxylic acids is 1. The van der Waals surface area contributed by atoms with Gasteiger partial charge in [0.15, 0.2) is 0 Å². The monoisotopic (exact) mass is 254 g/mol. The first-order chi connectivity index (χ1) is 8.27. The van der Waals surface area contributed by atoms with Crippen LogP contribution in [0.5, 0.6) is 0 Å². The molecule has 9 heteroatoms. The minimum atomic E-state index is -0.733. The van der Waals surface area contributed by atoms with Crippen LogP contribution in [-0.2, 0) is 4.79 Å². The average molecular weight is 254 g/mol. The molecule has 0 saturated carbocycles. The number of nitrogens with zero attached hydrogens (tertiary/aromatic N) is 2. The molecule has 0 aliphatic heterocycles. The zero-order valence-electron chi connectivity index (χ0n) is 9.11. The molecule has 18 heavy (non-hydrogen) atoms. The van der Waals surface area contributed by atoms with E-state index in [-0.39, 0.29) is 17.1 Å². The molecule has 9 nitrogen and oxygen atoms in total. The number of primary amides is 1. The molecule has 0 aliphatic carbocycles. The van der Waals surface area contributed by atoms with Crippen molar-refractivity contribution < 1.29 is 14.6 Å². The molecule has 1 aromatic rings. The van der Waals surface area contributed by atoms with Crippen LogP contribution in [0.15, 0.2) is 30.9 Å². The fourth-order valence-electron chi connectivity index (χ4n) is 0.829. The summed E-state index contributed by atoms with van der Waals surface area (Å²) in [6.45, 7) is 3.09. The number of nitrogen functional groups attached to an aromatic ring is 1. The lowest BCUT2D eigenvalue weighted by Crippen LogP contribution is -2.04. The van der Waals surface area contributed by atoms with Gasteiger partial charge in [-0.25, -0.2) is 0 Å². The Labute approximate surface area is 101 Å². The van der Waals surface area contributed by atoms with Crippen LogP contribution in [0.1, 0.15) is 0 Å². The molecule has 0 spiro atoms. The van der Waals surface area contributed by atoms with Gasteiger partial charge in [0.1, 0.15) is 0 Å². The zero-order chi connectivity index (χ0) is 14.3. The number of nitrogens with two attached hydrogens (primary N) is 2. The van der Waals surface area contributed by atoms with Crippen LogP contribution >= 0.6 is 0 Å². The SMILES string of the molecule is C=CC(N)=O.Nc1cc([N+](=O)[O-])cc([N+](=O)[O-])c1. The maximum absolute atomic E-state index is 10.3. The fourth-order valence-corrected chi connectivity index (χ4v) is 0.829. The maximum Gasteiger partial charge on any atom is 0.278 e. The van der Waals surface area contributed by atoms with Crippen molar-refractivity contribution in [2.75, 3.05) is 5.73 Å². The quantitative estimate of drug-likeness (QED) is 0.350. The van der Waals surface area contributed by atoms with Crippen molar-refractivity contribution in [2.45, 2.75) is 0 Å². The van der Waals surface area contributed by atoms with E-state index < -0.39 is 15.8 Å². The minimum Gasteiger partial charge on any atom is -0.398 e. The van der Waals surface area contributed by atoms with E-state index >= 15 is 0 Å². The van der Waals surface area contributed by atoms with E-state index in [1.54, 1.807) is 0 Å². The molecule has 0 aliphatic rings. The van der Waals surface area contributed by atoms with Gasteiger partial charge in [-0.1, -0.05) is 6.58 Å². The Bertz CT molecular complexity index is 467. The molecule has 1 rings (SSSR count).